The number of benzene rings is 1. The molecule has 0 radical (unpaired) electrons. The van der Waals surface area contributed by atoms with Crippen molar-refractivity contribution in [2.45, 2.75) is 31.2 Å². The zero-order valence-corrected chi connectivity index (χ0v) is 11.8. The van der Waals surface area contributed by atoms with Crippen LogP contribution < -0.4 is 10.0 Å². The molecular weight excluding hydrogens is 256 g/mol. The van der Waals surface area contributed by atoms with E-state index in [1.54, 1.807) is 0 Å². The number of para-hydroxylation sites is 1. The second kappa shape index (κ2) is 5.86. The van der Waals surface area contributed by atoms with Crippen molar-refractivity contribution in [3.05, 3.63) is 24.3 Å². The van der Waals surface area contributed by atoms with Gasteiger partial charge in [-0.1, -0.05) is 12.1 Å². The number of hydrogen-bond acceptors (Lipinski definition) is 4. The third-order valence-electron chi connectivity index (χ3n) is 2.31. The minimum Gasteiger partial charge on any atom is -0.760 e. The lowest BCUT2D eigenvalue weighted by Crippen LogP contribution is -2.39. The van der Waals surface area contributed by atoms with E-state index in [9.17, 15) is 0 Å². The van der Waals surface area contributed by atoms with Crippen LogP contribution in [0.2, 0.25) is 0 Å². The normalized spacial score (nSPS) is 15.9. The van der Waals surface area contributed by atoms with Crippen LogP contribution in [-0.2, 0) is 11.3 Å². The maximum absolute atomic E-state index is 8.78. The summed E-state index contributed by atoms with van der Waals surface area (Å²) >= 11 is -0.432. The van der Waals surface area contributed by atoms with E-state index in [1.807, 2.05) is 11.8 Å². The molecule has 96 valence electrons. The van der Waals surface area contributed by atoms with Crippen LogP contribution in [0.5, 0.6) is 0 Å². The van der Waals surface area contributed by atoms with Crippen molar-refractivity contribution in [1.82, 2.24) is 0 Å². The standard InChI is InChI=1S/C11H15NS.H3NO2S/c1-11(2,3)12-8-13-10-7-5-4-6-9(10)12;1-4(2)3/h4-7H,8H2,1-3H3;1H2,(H,2,3)/p-1. The molecule has 2 rings (SSSR count). The Morgan fingerprint density at radius 3 is 2.47 bits per heavy atom. The summed E-state index contributed by atoms with van der Waals surface area (Å²) in [6, 6.07) is 8.63. The molecule has 1 aromatic rings. The van der Waals surface area contributed by atoms with Crippen LogP contribution in [0.1, 0.15) is 20.8 Å². The third-order valence-corrected chi connectivity index (χ3v) is 3.36. The molecule has 1 heterocycles. The minimum absolute atomic E-state index is 0.236. The molecule has 0 fully saturated rings. The van der Waals surface area contributed by atoms with Gasteiger partial charge in [0.15, 0.2) is 0 Å². The molecule has 1 unspecified atom stereocenters. The summed E-state index contributed by atoms with van der Waals surface area (Å²) in [6.07, 6.45) is 0. The molecule has 2 N–H and O–H groups in total. The lowest BCUT2D eigenvalue weighted by atomic mass is 10.1. The van der Waals surface area contributed by atoms with Crippen LogP contribution in [0.15, 0.2) is 29.2 Å². The fraction of sp³-hybridized carbons (Fsp3) is 0.455. The summed E-state index contributed by atoms with van der Waals surface area (Å²) in [5.74, 6) is 1.09. The number of rotatable bonds is 0. The van der Waals surface area contributed by atoms with Gasteiger partial charge in [-0.2, -0.15) is 0 Å². The monoisotopic (exact) mass is 273 g/mol. The molecule has 0 aromatic heterocycles. The Labute approximate surface area is 109 Å². The predicted molar refractivity (Wildman–Crippen MR) is 72.5 cm³/mol. The molecule has 0 aliphatic carbocycles. The first-order valence-electron chi connectivity index (χ1n) is 5.15. The van der Waals surface area contributed by atoms with Crippen molar-refractivity contribution in [3.63, 3.8) is 0 Å². The van der Waals surface area contributed by atoms with E-state index >= 15 is 0 Å². The topological polar surface area (TPSA) is 69.4 Å². The maximum Gasteiger partial charge on any atom is 0.0692 e. The highest BCUT2D eigenvalue weighted by molar-refractivity contribution is 7.99. The molecular formula is C11H17N2O2S2-. The molecule has 0 spiro atoms. The Morgan fingerprint density at radius 2 is 1.94 bits per heavy atom. The molecule has 0 bridgehead atoms. The SMILES string of the molecule is CC(C)(C)N1CSc2ccccc21.NS(=O)[O-]. The summed E-state index contributed by atoms with van der Waals surface area (Å²) in [4.78, 5) is 3.87. The van der Waals surface area contributed by atoms with Gasteiger partial charge in [-0.3, -0.25) is 9.35 Å². The van der Waals surface area contributed by atoms with E-state index in [2.05, 4.69) is 55.1 Å². The van der Waals surface area contributed by atoms with Crippen LogP contribution in [0.3, 0.4) is 0 Å². The van der Waals surface area contributed by atoms with Crippen molar-refractivity contribution >= 4 is 28.7 Å². The van der Waals surface area contributed by atoms with E-state index in [4.69, 9.17) is 8.76 Å². The maximum atomic E-state index is 8.78. The molecule has 0 saturated heterocycles. The average Bonchev–Trinajstić information content (AvgIpc) is 2.58. The number of anilines is 1. The molecule has 0 saturated carbocycles. The van der Waals surface area contributed by atoms with Crippen LogP contribution in [-0.4, -0.2) is 20.2 Å². The molecule has 6 heteroatoms. The van der Waals surface area contributed by atoms with Crippen molar-refractivity contribution in [2.75, 3.05) is 10.8 Å². The highest BCUT2D eigenvalue weighted by Crippen LogP contribution is 2.41. The Hall–Kier alpha value is -0.560. The summed E-state index contributed by atoms with van der Waals surface area (Å²) in [5.41, 5.74) is 1.62. The largest absolute Gasteiger partial charge is 0.760 e. The Balaban J connectivity index is 0.000000317. The lowest BCUT2D eigenvalue weighted by molar-refractivity contribution is 0.534. The smallest absolute Gasteiger partial charge is 0.0692 e. The molecule has 1 aliphatic rings. The van der Waals surface area contributed by atoms with Crippen LogP contribution in [0.4, 0.5) is 5.69 Å². The number of fused-ring (bicyclic) bond motifs is 1. The first kappa shape index (κ1) is 14.5. The van der Waals surface area contributed by atoms with Gasteiger partial charge in [-0.15, -0.1) is 11.8 Å². The van der Waals surface area contributed by atoms with E-state index < -0.39 is 11.3 Å². The lowest BCUT2D eigenvalue weighted by Gasteiger charge is -2.33. The molecule has 4 nitrogen and oxygen atoms in total. The summed E-state index contributed by atoms with van der Waals surface area (Å²) in [7, 11) is 0. The van der Waals surface area contributed by atoms with Gasteiger partial charge >= 0.3 is 0 Å². The van der Waals surface area contributed by atoms with E-state index in [-0.39, 0.29) is 5.54 Å². The van der Waals surface area contributed by atoms with E-state index in [1.165, 1.54) is 10.6 Å². The van der Waals surface area contributed by atoms with Gasteiger partial charge in [-0.25, -0.2) is 0 Å². The zero-order valence-electron chi connectivity index (χ0n) is 10.2. The number of nitrogens with zero attached hydrogens (tertiary/aromatic N) is 1. The number of hydrogen-bond donors (Lipinski definition) is 1. The first-order valence-corrected chi connectivity index (χ1v) is 7.28. The highest BCUT2D eigenvalue weighted by Gasteiger charge is 2.28. The Morgan fingerprint density at radius 1 is 1.41 bits per heavy atom. The fourth-order valence-electron chi connectivity index (χ4n) is 1.56. The molecule has 1 aliphatic heterocycles. The summed E-state index contributed by atoms with van der Waals surface area (Å²) < 4.78 is 17.6. The first-order chi connectivity index (χ1) is 7.82. The molecule has 17 heavy (non-hydrogen) atoms. The third kappa shape index (κ3) is 4.31. The second-order valence-corrected chi connectivity index (χ2v) is 6.11. The van der Waals surface area contributed by atoms with Gasteiger partial charge < -0.3 is 9.45 Å². The highest BCUT2D eigenvalue weighted by atomic mass is 32.2. The quantitative estimate of drug-likeness (QED) is 0.735. The van der Waals surface area contributed by atoms with Gasteiger partial charge in [0.2, 0.25) is 0 Å². The minimum atomic E-state index is -2.36. The average molecular weight is 273 g/mol. The van der Waals surface area contributed by atoms with E-state index in [0.717, 1.165) is 5.88 Å². The van der Waals surface area contributed by atoms with Gasteiger partial charge in [0.05, 0.1) is 11.6 Å². The van der Waals surface area contributed by atoms with Gasteiger partial charge in [0.25, 0.3) is 0 Å². The van der Waals surface area contributed by atoms with Crippen molar-refractivity contribution in [2.24, 2.45) is 5.14 Å². The zero-order chi connectivity index (χ0) is 13.1. The van der Waals surface area contributed by atoms with Crippen molar-refractivity contribution in [3.8, 4) is 0 Å². The van der Waals surface area contributed by atoms with Gasteiger partial charge in [-0.05, 0) is 32.9 Å². The molecule has 1 aromatic carbocycles. The van der Waals surface area contributed by atoms with Gasteiger partial charge in [0, 0.05) is 21.7 Å². The summed E-state index contributed by atoms with van der Waals surface area (Å²) in [6.45, 7) is 6.78. The summed E-state index contributed by atoms with van der Waals surface area (Å²) in [5, 5.41) is 4.03. The van der Waals surface area contributed by atoms with Crippen molar-refractivity contribution in [1.29, 1.82) is 0 Å². The van der Waals surface area contributed by atoms with Crippen LogP contribution in [0.25, 0.3) is 0 Å². The van der Waals surface area contributed by atoms with Crippen LogP contribution in [0, 0.1) is 0 Å². The van der Waals surface area contributed by atoms with Crippen LogP contribution >= 0.6 is 11.8 Å². The Bertz CT molecular complexity index is 401. The van der Waals surface area contributed by atoms with Crippen molar-refractivity contribution < 1.29 is 8.76 Å². The van der Waals surface area contributed by atoms with Gasteiger partial charge in [0.1, 0.15) is 0 Å². The number of thioether (sulfide) groups is 1. The Kier molecular flexibility index (Phi) is 5.00. The molecule has 0 amide bonds. The van der Waals surface area contributed by atoms with E-state index in [0.29, 0.717) is 0 Å². The number of nitrogens with two attached hydrogens (primary N) is 1. The second-order valence-electron chi connectivity index (χ2n) is 4.60. The molecule has 1 atom stereocenters. The predicted octanol–water partition coefficient (Wildman–Crippen LogP) is 2.09. The fourth-order valence-corrected chi connectivity index (χ4v) is 2.86.